The van der Waals surface area contributed by atoms with Gasteiger partial charge in [0.15, 0.2) is 0 Å². The molecule has 3 atom stereocenters. The first-order valence-corrected chi connectivity index (χ1v) is 10.1. The van der Waals surface area contributed by atoms with Crippen molar-refractivity contribution in [2.75, 3.05) is 19.6 Å². The quantitative estimate of drug-likeness (QED) is 0.823. The fourth-order valence-electron chi connectivity index (χ4n) is 5.60. The summed E-state index contributed by atoms with van der Waals surface area (Å²) >= 11 is 0. The molecule has 2 aromatic rings. The highest BCUT2D eigenvalue weighted by Crippen LogP contribution is 2.46. The Morgan fingerprint density at radius 3 is 2.44 bits per heavy atom. The molecule has 6 rings (SSSR count). The van der Waals surface area contributed by atoms with Crippen LogP contribution in [-0.4, -0.2) is 52.4 Å². The number of rotatable bonds is 2. The Kier molecular flexibility index (Phi) is 4.05. The molecule has 4 aliphatic heterocycles. The van der Waals surface area contributed by atoms with E-state index in [1.165, 1.54) is 37.1 Å². The number of amides is 1. The third-order valence-corrected chi connectivity index (χ3v) is 6.88. The molecule has 1 aromatic heterocycles. The van der Waals surface area contributed by atoms with Crippen molar-refractivity contribution in [3.63, 3.8) is 0 Å². The first kappa shape index (κ1) is 16.9. The maximum atomic E-state index is 13.4. The Bertz CT molecular complexity index is 854. The van der Waals surface area contributed by atoms with Gasteiger partial charge in [-0.3, -0.25) is 14.7 Å². The second-order valence-electron chi connectivity index (χ2n) is 8.58. The second-order valence-corrected chi connectivity index (χ2v) is 8.58. The number of fused-ring (bicyclic) bond motifs is 2. The van der Waals surface area contributed by atoms with Crippen LogP contribution in [0.25, 0.3) is 0 Å². The van der Waals surface area contributed by atoms with Crippen molar-refractivity contribution in [1.82, 2.24) is 14.8 Å². The lowest BCUT2D eigenvalue weighted by Gasteiger charge is -2.51. The number of nitrogens with zero attached hydrogens (tertiary/aromatic N) is 3. The van der Waals surface area contributed by atoms with Crippen molar-refractivity contribution >= 4 is 5.91 Å². The van der Waals surface area contributed by atoms with Gasteiger partial charge in [-0.15, -0.1) is 0 Å². The summed E-state index contributed by atoms with van der Waals surface area (Å²) in [7, 11) is 0. The summed E-state index contributed by atoms with van der Waals surface area (Å²) in [5.74, 6) is 1.20. The number of aromatic nitrogens is 1. The molecule has 140 valence electrons. The summed E-state index contributed by atoms with van der Waals surface area (Å²) in [6, 6.07) is 11.7. The Balaban J connectivity index is 1.52. The van der Waals surface area contributed by atoms with Crippen molar-refractivity contribution in [3.05, 3.63) is 65.0 Å². The van der Waals surface area contributed by atoms with Crippen LogP contribution in [0.1, 0.15) is 45.8 Å². The molecule has 4 aliphatic rings. The Morgan fingerprint density at radius 1 is 1.00 bits per heavy atom. The van der Waals surface area contributed by atoms with Gasteiger partial charge in [0.05, 0.1) is 11.6 Å². The number of carbonyl (C=O) groups excluding carboxylic acids is 1. The van der Waals surface area contributed by atoms with Crippen molar-refractivity contribution < 1.29 is 4.79 Å². The number of likely N-dealkylation sites (tertiary alicyclic amines) is 1. The van der Waals surface area contributed by atoms with Gasteiger partial charge in [0.2, 0.25) is 0 Å². The first-order valence-electron chi connectivity index (χ1n) is 10.1. The SMILES string of the molecule is Cc1ccc([C@@H]2CN(C(=O)c3cncc(C)c3)[C@H]3C4CCN(CC4)[C@@H]23)cc1. The van der Waals surface area contributed by atoms with E-state index < -0.39 is 0 Å². The largest absolute Gasteiger partial charge is 0.333 e. The van der Waals surface area contributed by atoms with Gasteiger partial charge < -0.3 is 4.90 Å². The molecule has 0 spiro atoms. The minimum Gasteiger partial charge on any atom is -0.333 e. The van der Waals surface area contributed by atoms with Crippen molar-refractivity contribution in [3.8, 4) is 0 Å². The van der Waals surface area contributed by atoms with Crippen molar-refractivity contribution in [1.29, 1.82) is 0 Å². The molecule has 0 unspecified atom stereocenters. The van der Waals surface area contributed by atoms with E-state index in [0.717, 1.165) is 17.7 Å². The molecule has 27 heavy (non-hydrogen) atoms. The summed E-state index contributed by atoms with van der Waals surface area (Å²) in [5.41, 5.74) is 4.44. The number of carbonyl (C=O) groups is 1. The zero-order valence-electron chi connectivity index (χ0n) is 16.1. The Morgan fingerprint density at radius 2 is 1.74 bits per heavy atom. The van der Waals surface area contributed by atoms with E-state index in [-0.39, 0.29) is 5.91 Å². The minimum absolute atomic E-state index is 0.157. The summed E-state index contributed by atoms with van der Waals surface area (Å²) in [6.45, 7) is 7.32. The van der Waals surface area contributed by atoms with Crippen LogP contribution in [0.2, 0.25) is 0 Å². The molecule has 0 N–H and O–H groups in total. The zero-order valence-corrected chi connectivity index (χ0v) is 16.1. The smallest absolute Gasteiger partial charge is 0.255 e. The number of hydrogen-bond acceptors (Lipinski definition) is 3. The van der Waals surface area contributed by atoms with Crippen LogP contribution >= 0.6 is 0 Å². The molecule has 0 radical (unpaired) electrons. The Hall–Kier alpha value is -2.20. The lowest BCUT2D eigenvalue weighted by atomic mass is 9.75. The van der Waals surface area contributed by atoms with Crippen molar-refractivity contribution in [2.45, 2.75) is 44.7 Å². The van der Waals surface area contributed by atoms with Gasteiger partial charge in [-0.2, -0.15) is 0 Å². The van der Waals surface area contributed by atoms with Crippen LogP contribution in [0.4, 0.5) is 0 Å². The van der Waals surface area contributed by atoms with Crippen LogP contribution in [0.15, 0.2) is 42.7 Å². The van der Waals surface area contributed by atoms with Gasteiger partial charge >= 0.3 is 0 Å². The highest BCUT2D eigenvalue weighted by molar-refractivity contribution is 5.94. The maximum absolute atomic E-state index is 13.4. The Labute approximate surface area is 161 Å². The van der Waals surface area contributed by atoms with Gasteiger partial charge in [-0.05, 0) is 62.9 Å². The predicted octanol–water partition coefficient (Wildman–Crippen LogP) is 3.40. The average Bonchev–Trinajstić information content (AvgIpc) is 3.12. The van der Waals surface area contributed by atoms with Crippen LogP contribution in [0.3, 0.4) is 0 Å². The summed E-state index contributed by atoms with van der Waals surface area (Å²) < 4.78 is 0. The summed E-state index contributed by atoms with van der Waals surface area (Å²) in [4.78, 5) is 22.5. The number of benzene rings is 1. The standard InChI is InChI=1S/C23H27N3O/c1-15-3-5-17(6-4-15)20-14-26(23(27)19-11-16(2)12-24-13-19)21-18-7-9-25(10-8-18)22(20)21/h3-6,11-13,18,20-22H,7-10,14H2,1-2H3/t20-,21-,22-/m0/s1. The molecule has 0 aliphatic carbocycles. The van der Waals surface area contributed by atoms with Gasteiger partial charge in [-0.25, -0.2) is 0 Å². The summed E-state index contributed by atoms with van der Waals surface area (Å²) in [6.07, 6.45) is 5.98. The third kappa shape index (κ3) is 2.78. The minimum atomic E-state index is 0.157. The van der Waals surface area contributed by atoms with Crippen LogP contribution in [-0.2, 0) is 0 Å². The van der Waals surface area contributed by atoms with Gasteiger partial charge in [0.25, 0.3) is 5.91 Å². The van der Waals surface area contributed by atoms with Crippen LogP contribution in [0.5, 0.6) is 0 Å². The number of hydrogen-bond donors (Lipinski definition) is 0. The predicted molar refractivity (Wildman–Crippen MR) is 106 cm³/mol. The second kappa shape index (κ2) is 6.45. The molecule has 4 heteroatoms. The molecule has 4 saturated heterocycles. The third-order valence-electron chi connectivity index (χ3n) is 6.88. The molecular formula is C23H27N3O. The number of piperidine rings is 3. The van der Waals surface area contributed by atoms with Crippen LogP contribution in [0, 0.1) is 19.8 Å². The van der Waals surface area contributed by atoms with E-state index in [4.69, 9.17) is 0 Å². The number of aryl methyl sites for hydroxylation is 2. The lowest BCUT2D eigenvalue weighted by Crippen LogP contribution is -2.60. The lowest BCUT2D eigenvalue weighted by molar-refractivity contribution is -0.00342. The summed E-state index contributed by atoms with van der Waals surface area (Å²) in [5, 5.41) is 0. The zero-order chi connectivity index (χ0) is 18.5. The number of pyridine rings is 1. The average molecular weight is 361 g/mol. The molecule has 4 nitrogen and oxygen atoms in total. The highest BCUT2D eigenvalue weighted by atomic mass is 16.2. The normalized spacial score (nSPS) is 31.8. The molecule has 2 bridgehead atoms. The van der Waals surface area contributed by atoms with Crippen molar-refractivity contribution in [2.24, 2.45) is 5.92 Å². The fraction of sp³-hybridized carbons (Fsp3) is 0.478. The molecule has 5 heterocycles. The maximum Gasteiger partial charge on any atom is 0.255 e. The van der Waals surface area contributed by atoms with Gasteiger partial charge in [0, 0.05) is 30.9 Å². The molecule has 1 amide bonds. The van der Waals surface area contributed by atoms with Gasteiger partial charge in [0.1, 0.15) is 0 Å². The van der Waals surface area contributed by atoms with E-state index in [1.807, 2.05) is 19.2 Å². The molecule has 1 aromatic carbocycles. The fourth-order valence-corrected chi connectivity index (χ4v) is 5.60. The van der Waals surface area contributed by atoms with E-state index in [2.05, 4.69) is 46.0 Å². The van der Waals surface area contributed by atoms with Gasteiger partial charge in [-0.1, -0.05) is 29.8 Å². The van der Waals surface area contributed by atoms with E-state index in [0.29, 0.717) is 23.9 Å². The van der Waals surface area contributed by atoms with Crippen LogP contribution < -0.4 is 0 Å². The molecule has 0 saturated carbocycles. The van der Waals surface area contributed by atoms with E-state index in [9.17, 15) is 4.79 Å². The van der Waals surface area contributed by atoms with E-state index in [1.54, 1.807) is 6.20 Å². The highest BCUT2D eigenvalue weighted by Gasteiger charge is 2.54. The molecule has 4 fully saturated rings. The topological polar surface area (TPSA) is 36.4 Å². The first-order chi connectivity index (χ1) is 13.1. The van der Waals surface area contributed by atoms with E-state index >= 15 is 0 Å². The molecular weight excluding hydrogens is 334 g/mol. The monoisotopic (exact) mass is 361 g/mol.